The Labute approximate surface area is 103 Å². The summed E-state index contributed by atoms with van der Waals surface area (Å²) in [5, 5.41) is 8.88. The van der Waals surface area contributed by atoms with Gasteiger partial charge in [0.25, 0.3) is 10.0 Å². The van der Waals surface area contributed by atoms with Gasteiger partial charge in [-0.05, 0) is 12.8 Å². The molecule has 1 aromatic heterocycles. The number of carbonyl (C=O) groups is 1. The number of carboxylic acid groups (broad SMARTS) is 1. The fourth-order valence-electron chi connectivity index (χ4n) is 1.78. The van der Waals surface area contributed by atoms with Gasteiger partial charge in [0.15, 0.2) is 9.90 Å². The highest BCUT2D eigenvalue weighted by atomic mass is 32.2. The number of carboxylic acids is 1. The molecule has 94 valence electrons. The molecule has 0 unspecified atom stereocenters. The van der Waals surface area contributed by atoms with Crippen LogP contribution in [0.4, 0.5) is 0 Å². The van der Waals surface area contributed by atoms with Crippen LogP contribution in [0.2, 0.25) is 0 Å². The Morgan fingerprint density at radius 1 is 1.35 bits per heavy atom. The van der Waals surface area contributed by atoms with E-state index in [9.17, 15) is 13.2 Å². The minimum atomic E-state index is -3.69. The van der Waals surface area contributed by atoms with Crippen molar-refractivity contribution < 1.29 is 18.3 Å². The average Bonchev–Trinajstić information content (AvgIpc) is 2.80. The molecule has 2 rings (SSSR count). The number of hydrogen-bond acceptors (Lipinski definition) is 5. The zero-order valence-corrected chi connectivity index (χ0v) is 10.6. The third kappa shape index (κ3) is 2.33. The fraction of sp³-hybridized carbons (Fsp3) is 0.556. The first-order chi connectivity index (χ1) is 8.03. The van der Waals surface area contributed by atoms with E-state index in [1.165, 1.54) is 9.82 Å². The average molecular weight is 276 g/mol. The van der Waals surface area contributed by atoms with Crippen LogP contribution in [0.15, 0.2) is 9.72 Å². The van der Waals surface area contributed by atoms with Gasteiger partial charge in [-0.2, -0.15) is 4.31 Å². The van der Waals surface area contributed by atoms with E-state index in [0.29, 0.717) is 13.1 Å². The van der Waals surface area contributed by atoms with Crippen molar-refractivity contribution in [2.24, 2.45) is 0 Å². The third-order valence-corrected chi connectivity index (χ3v) is 5.87. The molecule has 0 radical (unpaired) electrons. The van der Waals surface area contributed by atoms with Crippen LogP contribution >= 0.6 is 11.3 Å². The molecule has 1 aromatic rings. The molecule has 1 N–H and O–H groups in total. The lowest BCUT2D eigenvalue weighted by atomic mass is 10.2. The molecule has 0 aromatic carbocycles. The highest BCUT2D eigenvalue weighted by molar-refractivity contribution is 7.91. The van der Waals surface area contributed by atoms with Crippen molar-refractivity contribution in [1.29, 1.82) is 0 Å². The molecule has 6 nitrogen and oxygen atoms in total. The van der Waals surface area contributed by atoms with Gasteiger partial charge >= 0.3 is 5.97 Å². The van der Waals surface area contributed by atoms with Gasteiger partial charge in [0.05, 0.1) is 5.51 Å². The molecule has 1 fully saturated rings. The van der Waals surface area contributed by atoms with E-state index in [4.69, 9.17) is 5.11 Å². The lowest BCUT2D eigenvalue weighted by Gasteiger charge is -2.25. The molecule has 0 amide bonds. The minimum absolute atomic E-state index is 0.160. The van der Waals surface area contributed by atoms with Crippen molar-refractivity contribution in [2.75, 3.05) is 13.1 Å². The van der Waals surface area contributed by atoms with Crippen molar-refractivity contribution in [3.8, 4) is 0 Å². The summed E-state index contributed by atoms with van der Waals surface area (Å²) >= 11 is 0.857. The summed E-state index contributed by atoms with van der Waals surface area (Å²) in [4.78, 5) is 14.5. The third-order valence-electron chi connectivity index (χ3n) is 2.63. The molecule has 0 spiro atoms. The summed E-state index contributed by atoms with van der Waals surface area (Å²) in [5.74, 6) is -1.30. The Morgan fingerprint density at radius 2 is 2.00 bits per heavy atom. The second kappa shape index (κ2) is 4.71. The monoisotopic (exact) mass is 276 g/mol. The van der Waals surface area contributed by atoms with E-state index < -0.39 is 16.0 Å². The predicted octanol–water partition coefficient (Wildman–Crippen LogP) is 1.02. The van der Waals surface area contributed by atoms with E-state index in [1.54, 1.807) is 0 Å². The van der Waals surface area contributed by atoms with Gasteiger partial charge in [-0.15, -0.1) is 11.3 Å². The number of sulfonamides is 1. The first-order valence-corrected chi connectivity index (χ1v) is 7.52. The van der Waals surface area contributed by atoms with Gasteiger partial charge in [-0.25, -0.2) is 18.2 Å². The van der Waals surface area contributed by atoms with E-state index in [2.05, 4.69) is 4.98 Å². The molecule has 1 aliphatic rings. The molecule has 2 heterocycles. The Kier molecular flexibility index (Phi) is 3.45. The van der Waals surface area contributed by atoms with E-state index in [1.807, 2.05) is 0 Å². The molecule has 0 bridgehead atoms. The fourth-order valence-corrected chi connectivity index (χ4v) is 4.58. The van der Waals surface area contributed by atoms with Gasteiger partial charge in [0, 0.05) is 13.1 Å². The van der Waals surface area contributed by atoms with E-state index >= 15 is 0 Å². The molecule has 0 aliphatic carbocycles. The summed E-state index contributed by atoms with van der Waals surface area (Å²) in [6.45, 7) is 0.915. The Morgan fingerprint density at radius 3 is 2.59 bits per heavy atom. The van der Waals surface area contributed by atoms with Crippen LogP contribution in [0.1, 0.15) is 29.8 Å². The second-order valence-electron chi connectivity index (χ2n) is 3.76. The predicted molar refractivity (Wildman–Crippen MR) is 61.7 cm³/mol. The van der Waals surface area contributed by atoms with Crippen molar-refractivity contribution in [3.63, 3.8) is 0 Å². The molecule has 1 saturated heterocycles. The highest BCUT2D eigenvalue weighted by Crippen LogP contribution is 2.26. The first-order valence-electron chi connectivity index (χ1n) is 5.20. The van der Waals surface area contributed by atoms with Crippen molar-refractivity contribution in [3.05, 3.63) is 11.2 Å². The zero-order valence-electron chi connectivity index (χ0n) is 9.00. The Bertz CT molecular complexity index is 517. The van der Waals surface area contributed by atoms with Crippen molar-refractivity contribution >= 4 is 27.3 Å². The molecule has 0 atom stereocenters. The van der Waals surface area contributed by atoms with Gasteiger partial charge in [0.2, 0.25) is 0 Å². The maximum atomic E-state index is 12.2. The smallest absolute Gasteiger partial charge is 0.356 e. The van der Waals surface area contributed by atoms with Crippen LogP contribution in [-0.2, 0) is 10.0 Å². The summed E-state index contributed by atoms with van der Waals surface area (Å²) in [5.41, 5.74) is 0.876. The quantitative estimate of drug-likeness (QED) is 0.890. The van der Waals surface area contributed by atoms with Gasteiger partial charge < -0.3 is 5.11 Å². The number of piperidine rings is 1. The van der Waals surface area contributed by atoms with Gasteiger partial charge in [-0.3, -0.25) is 0 Å². The van der Waals surface area contributed by atoms with Gasteiger partial charge in [0.1, 0.15) is 0 Å². The first kappa shape index (κ1) is 12.5. The number of thiazole rings is 1. The van der Waals surface area contributed by atoms with Gasteiger partial charge in [-0.1, -0.05) is 6.42 Å². The van der Waals surface area contributed by atoms with Crippen molar-refractivity contribution in [1.82, 2.24) is 9.29 Å². The lowest BCUT2D eigenvalue weighted by Crippen LogP contribution is -2.35. The molecule has 8 heteroatoms. The SMILES string of the molecule is O=C(O)c1ncsc1S(=O)(=O)N1CCCCC1. The molecule has 17 heavy (non-hydrogen) atoms. The summed E-state index contributed by atoms with van der Waals surface area (Å²) < 4.78 is 25.6. The van der Waals surface area contributed by atoms with Crippen LogP contribution in [0.3, 0.4) is 0 Å². The number of rotatable bonds is 3. The van der Waals surface area contributed by atoms with E-state index in [-0.39, 0.29) is 9.90 Å². The van der Waals surface area contributed by atoms with E-state index in [0.717, 1.165) is 30.6 Å². The standard InChI is InChI=1S/C9H12N2O4S2/c12-8(13)7-9(16-6-10-7)17(14,15)11-4-2-1-3-5-11/h6H,1-5H2,(H,12,13). The Balaban J connectivity index is 2.37. The summed E-state index contributed by atoms with van der Waals surface area (Å²) in [6.07, 6.45) is 2.65. The number of aromatic nitrogens is 1. The van der Waals surface area contributed by atoms with Crippen LogP contribution in [0.25, 0.3) is 0 Å². The second-order valence-corrected chi connectivity index (χ2v) is 6.75. The van der Waals surface area contributed by atoms with Crippen LogP contribution in [0.5, 0.6) is 0 Å². The maximum absolute atomic E-state index is 12.2. The van der Waals surface area contributed by atoms with Crippen molar-refractivity contribution in [2.45, 2.75) is 23.5 Å². The molecule has 0 saturated carbocycles. The van der Waals surface area contributed by atoms with Crippen LogP contribution in [0, 0.1) is 0 Å². The summed E-state index contributed by atoms with van der Waals surface area (Å²) in [6, 6.07) is 0. The number of nitrogens with zero attached hydrogens (tertiary/aromatic N) is 2. The number of hydrogen-bond donors (Lipinski definition) is 1. The lowest BCUT2D eigenvalue weighted by molar-refractivity contribution is 0.0687. The number of aromatic carboxylic acids is 1. The van der Waals surface area contributed by atoms with Crippen LogP contribution < -0.4 is 0 Å². The normalized spacial score (nSPS) is 18.1. The van der Waals surface area contributed by atoms with Crippen LogP contribution in [-0.4, -0.2) is 41.9 Å². The maximum Gasteiger partial charge on any atom is 0.356 e. The summed E-state index contributed by atoms with van der Waals surface area (Å²) in [7, 11) is -3.69. The Hall–Kier alpha value is -0.990. The zero-order chi connectivity index (χ0) is 12.5. The molecule has 1 aliphatic heterocycles. The highest BCUT2D eigenvalue weighted by Gasteiger charge is 2.32. The largest absolute Gasteiger partial charge is 0.476 e. The molecular weight excluding hydrogens is 264 g/mol. The molecular formula is C9H12N2O4S2. The topological polar surface area (TPSA) is 87.6 Å². The minimum Gasteiger partial charge on any atom is -0.476 e.